The molecule has 18 heavy (non-hydrogen) atoms. The zero-order valence-electron chi connectivity index (χ0n) is 10.4. The summed E-state index contributed by atoms with van der Waals surface area (Å²) in [6.07, 6.45) is 0.458. The number of ether oxygens (including phenoxy) is 3. The van der Waals surface area contributed by atoms with Crippen molar-refractivity contribution in [3.05, 3.63) is 42.5 Å². The van der Waals surface area contributed by atoms with Gasteiger partial charge >= 0.3 is 0 Å². The van der Waals surface area contributed by atoms with E-state index in [0.717, 1.165) is 11.3 Å². The van der Waals surface area contributed by atoms with Crippen molar-refractivity contribution in [2.45, 2.75) is 24.9 Å². The van der Waals surface area contributed by atoms with Crippen LogP contribution in [-0.2, 0) is 16.1 Å². The molecule has 1 aliphatic rings. The lowest BCUT2D eigenvalue weighted by molar-refractivity contribution is -0.0291. The van der Waals surface area contributed by atoms with Crippen molar-refractivity contribution in [2.24, 2.45) is 0 Å². The monoisotopic (exact) mass is 250 g/mol. The normalized spacial score (nSPS) is 21.1. The maximum absolute atomic E-state index is 9.87. The molecule has 4 nitrogen and oxygen atoms in total. The zero-order valence-corrected chi connectivity index (χ0v) is 10.4. The van der Waals surface area contributed by atoms with Crippen molar-refractivity contribution in [2.75, 3.05) is 13.7 Å². The summed E-state index contributed by atoms with van der Waals surface area (Å²) < 4.78 is 15.7. The maximum Gasteiger partial charge on any atom is 0.118 e. The molecule has 1 aromatic rings. The lowest BCUT2D eigenvalue weighted by atomic mass is 10.1. The number of aliphatic hydroxyl groups is 1. The van der Waals surface area contributed by atoms with Crippen LogP contribution in [0.5, 0.6) is 5.75 Å². The van der Waals surface area contributed by atoms with Gasteiger partial charge in [0.2, 0.25) is 0 Å². The number of benzene rings is 1. The van der Waals surface area contributed by atoms with E-state index in [1.807, 2.05) is 24.3 Å². The Morgan fingerprint density at radius 1 is 1.50 bits per heavy atom. The minimum atomic E-state index is -0.638. The van der Waals surface area contributed by atoms with Gasteiger partial charge in [-0.3, -0.25) is 0 Å². The van der Waals surface area contributed by atoms with Crippen LogP contribution < -0.4 is 4.74 Å². The third-order valence-electron chi connectivity index (χ3n) is 2.91. The quantitative estimate of drug-likeness (QED) is 0.589. The van der Waals surface area contributed by atoms with Gasteiger partial charge < -0.3 is 19.3 Å². The van der Waals surface area contributed by atoms with Gasteiger partial charge in [-0.05, 0) is 17.7 Å². The lowest BCUT2D eigenvalue weighted by Crippen LogP contribution is -2.31. The molecule has 1 aromatic carbocycles. The summed E-state index contributed by atoms with van der Waals surface area (Å²) in [6.45, 7) is 4.69. The van der Waals surface area contributed by atoms with E-state index in [4.69, 9.17) is 14.2 Å². The summed E-state index contributed by atoms with van der Waals surface area (Å²) in [4.78, 5) is 0. The van der Waals surface area contributed by atoms with Gasteiger partial charge in [0.15, 0.2) is 0 Å². The topological polar surface area (TPSA) is 51.2 Å². The third kappa shape index (κ3) is 3.32. The Morgan fingerprint density at radius 3 is 2.67 bits per heavy atom. The Labute approximate surface area is 107 Å². The molecule has 1 fully saturated rings. The van der Waals surface area contributed by atoms with Crippen molar-refractivity contribution in [3.63, 3.8) is 0 Å². The molecule has 0 aliphatic carbocycles. The SMILES string of the molecule is C=C[C@@H](OCc1ccc(OC)cc1)[C@H](O)[C@H]1CO1. The number of rotatable bonds is 7. The summed E-state index contributed by atoms with van der Waals surface area (Å²) in [6, 6.07) is 7.61. The third-order valence-corrected chi connectivity index (χ3v) is 2.91. The molecule has 0 unspecified atom stereocenters. The summed E-state index contributed by atoms with van der Waals surface area (Å²) >= 11 is 0. The standard InChI is InChI=1S/C14H18O4/c1-3-12(14(15)13-9-18-13)17-8-10-4-6-11(16-2)7-5-10/h3-7,12-15H,1,8-9H2,2H3/t12-,13-,14+/m1/s1. The molecular formula is C14H18O4. The van der Waals surface area contributed by atoms with Crippen LogP contribution in [0.1, 0.15) is 5.56 Å². The Balaban J connectivity index is 1.86. The molecule has 1 saturated heterocycles. The van der Waals surface area contributed by atoms with Gasteiger partial charge in [-0.15, -0.1) is 6.58 Å². The van der Waals surface area contributed by atoms with E-state index in [9.17, 15) is 5.11 Å². The molecule has 0 spiro atoms. The predicted molar refractivity (Wildman–Crippen MR) is 67.5 cm³/mol. The fourth-order valence-corrected chi connectivity index (χ4v) is 1.68. The molecule has 4 heteroatoms. The van der Waals surface area contributed by atoms with Crippen LogP contribution in [0, 0.1) is 0 Å². The van der Waals surface area contributed by atoms with Gasteiger partial charge in [0.05, 0.1) is 20.3 Å². The second-order valence-electron chi connectivity index (χ2n) is 4.22. The number of aliphatic hydroxyl groups excluding tert-OH is 1. The van der Waals surface area contributed by atoms with Crippen LogP contribution in [-0.4, -0.2) is 37.1 Å². The van der Waals surface area contributed by atoms with E-state index in [1.54, 1.807) is 13.2 Å². The molecule has 1 aliphatic heterocycles. The van der Waals surface area contributed by atoms with E-state index in [1.165, 1.54) is 0 Å². The molecule has 0 bridgehead atoms. The second-order valence-corrected chi connectivity index (χ2v) is 4.22. The largest absolute Gasteiger partial charge is 0.497 e. The van der Waals surface area contributed by atoms with Gasteiger partial charge in [-0.1, -0.05) is 18.2 Å². The fourth-order valence-electron chi connectivity index (χ4n) is 1.68. The molecule has 1 N–H and O–H groups in total. The first-order chi connectivity index (χ1) is 8.74. The number of hydrogen-bond acceptors (Lipinski definition) is 4. The molecule has 98 valence electrons. The molecule has 3 atom stereocenters. The highest BCUT2D eigenvalue weighted by atomic mass is 16.6. The predicted octanol–water partition coefficient (Wildman–Crippen LogP) is 1.53. The fraction of sp³-hybridized carbons (Fsp3) is 0.429. The van der Waals surface area contributed by atoms with Gasteiger partial charge in [-0.2, -0.15) is 0 Å². The highest BCUT2D eigenvalue weighted by Crippen LogP contribution is 2.20. The molecule has 1 heterocycles. The molecule has 0 aromatic heterocycles. The summed E-state index contributed by atoms with van der Waals surface area (Å²) in [5.74, 6) is 0.811. The van der Waals surface area contributed by atoms with E-state index in [-0.39, 0.29) is 6.10 Å². The van der Waals surface area contributed by atoms with Crippen molar-refractivity contribution >= 4 is 0 Å². The Morgan fingerprint density at radius 2 is 2.17 bits per heavy atom. The minimum absolute atomic E-state index is 0.108. The summed E-state index contributed by atoms with van der Waals surface area (Å²) in [5.41, 5.74) is 1.02. The molecule has 2 rings (SSSR count). The van der Waals surface area contributed by atoms with Crippen LogP contribution in [0.3, 0.4) is 0 Å². The molecular weight excluding hydrogens is 232 g/mol. The van der Waals surface area contributed by atoms with Crippen LogP contribution in [0.15, 0.2) is 36.9 Å². The first kappa shape index (κ1) is 13.1. The van der Waals surface area contributed by atoms with E-state index >= 15 is 0 Å². The Kier molecular flexibility index (Phi) is 4.36. The van der Waals surface area contributed by atoms with Gasteiger partial charge in [0, 0.05) is 0 Å². The first-order valence-electron chi connectivity index (χ1n) is 5.91. The molecule has 0 radical (unpaired) electrons. The van der Waals surface area contributed by atoms with Crippen molar-refractivity contribution in [1.82, 2.24) is 0 Å². The highest BCUT2D eigenvalue weighted by Gasteiger charge is 2.36. The molecule has 0 saturated carbocycles. The summed E-state index contributed by atoms with van der Waals surface area (Å²) in [5, 5.41) is 9.87. The van der Waals surface area contributed by atoms with Gasteiger partial charge in [0.25, 0.3) is 0 Å². The van der Waals surface area contributed by atoms with E-state index < -0.39 is 12.2 Å². The summed E-state index contributed by atoms with van der Waals surface area (Å²) in [7, 11) is 1.63. The number of hydrogen-bond donors (Lipinski definition) is 1. The van der Waals surface area contributed by atoms with Crippen molar-refractivity contribution in [3.8, 4) is 5.75 Å². The van der Waals surface area contributed by atoms with E-state index in [0.29, 0.717) is 13.2 Å². The second kappa shape index (κ2) is 6.00. The Bertz CT molecular complexity index is 383. The zero-order chi connectivity index (χ0) is 13.0. The van der Waals surface area contributed by atoms with Crippen molar-refractivity contribution in [1.29, 1.82) is 0 Å². The van der Waals surface area contributed by atoms with Crippen LogP contribution in [0.4, 0.5) is 0 Å². The van der Waals surface area contributed by atoms with Crippen LogP contribution >= 0.6 is 0 Å². The van der Waals surface area contributed by atoms with E-state index in [2.05, 4.69) is 6.58 Å². The smallest absolute Gasteiger partial charge is 0.118 e. The maximum atomic E-state index is 9.87. The van der Waals surface area contributed by atoms with Gasteiger partial charge in [0.1, 0.15) is 24.1 Å². The lowest BCUT2D eigenvalue weighted by Gasteiger charge is -2.18. The highest BCUT2D eigenvalue weighted by molar-refractivity contribution is 5.26. The van der Waals surface area contributed by atoms with Crippen LogP contribution in [0.2, 0.25) is 0 Å². The molecule has 0 amide bonds. The number of epoxide rings is 1. The van der Waals surface area contributed by atoms with Crippen molar-refractivity contribution < 1.29 is 19.3 Å². The Hall–Kier alpha value is -1.36. The van der Waals surface area contributed by atoms with Gasteiger partial charge in [-0.25, -0.2) is 0 Å². The van der Waals surface area contributed by atoms with Crippen LogP contribution in [0.25, 0.3) is 0 Å². The number of methoxy groups -OCH3 is 1. The average Bonchev–Trinajstić information content (AvgIpc) is 3.24. The first-order valence-corrected chi connectivity index (χ1v) is 5.91. The minimum Gasteiger partial charge on any atom is -0.497 e. The average molecular weight is 250 g/mol.